The molecule has 0 radical (unpaired) electrons. The third-order valence-electron chi connectivity index (χ3n) is 2.36. The quantitative estimate of drug-likeness (QED) is 0.756. The molecule has 0 saturated carbocycles. The standard InChI is InChI=1S/C12H19N3O/c1-8(2)7-15(3)11-5-4-9(12(14)16)6-10(11)13/h4-6,8H,7,13H2,1-3H3,(H2,14,16). The van der Waals surface area contributed by atoms with Gasteiger partial charge >= 0.3 is 0 Å². The summed E-state index contributed by atoms with van der Waals surface area (Å²) in [7, 11) is 1.98. The largest absolute Gasteiger partial charge is 0.397 e. The normalized spacial score (nSPS) is 10.5. The van der Waals surface area contributed by atoms with Gasteiger partial charge in [-0.3, -0.25) is 4.79 Å². The molecule has 1 aromatic rings. The Morgan fingerprint density at radius 2 is 2.06 bits per heavy atom. The third kappa shape index (κ3) is 2.89. The molecule has 1 amide bonds. The fourth-order valence-electron chi connectivity index (χ4n) is 1.70. The molecule has 0 aliphatic rings. The highest BCUT2D eigenvalue weighted by Gasteiger charge is 2.09. The van der Waals surface area contributed by atoms with Crippen molar-refractivity contribution in [2.45, 2.75) is 13.8 Å². The van der Waals surface area contributed by atoms with Crippen molar-refractivity contribution in [1.82, 2.24) is 0 Å². The van der Waals surface area contributed by atoms with E-state index in [1.807, 2.05) is 13.1 Å². The van der Waals surface area contributed by atoms with Crippen LogP contribution in [0.25, 0.3) is 0 Å². The van der Waals surface area contributed by atoms with Crippen LogP contribution in [0.2, 0.25) is 0 Å². The molecule has 0 bridgehead atoms. The highest BCUT2D eigenvalue weighted by atomic mass is 16.1. The molecule has 88 valence electrons. The van der Waals surface area contributed by atoms with Crippen molar-refractivity contribution in [2.24, 2.45) is 11.7 Å². The molecule has 0 unspecified atom stereocenters. The molecule has 16 heavy (non-hydrogen) atoms. The van der Waals surface area contributed by atoms with Crippen molar-refractivity contribution in [3.05, 3.63) is 23.8 Å². The zero-order valence-electron chi connectivity index (χ0n) is 10.0. The first-order chi connectivity index (χ1) is 7.41. The lowest BCUT2D eigenvalue weighted by molar-refractivity contribution is 0.100. The summed E-state index contributed by atoms with van der Waals surface area (Å²) in [4.78, 5) is 13.0. The Hall–Kier alpha value is -1.71. The van der Waals surface area contributed by atoms with Crippen molar-refractivity contribution in [3.8, 4) is 0 Å². The molecule has 1 rings (SSSR count). The fraction of sp³-hybridized carbons (Fsp3) is 0.417. The summed E-state index contributed by atoms with van der Waals surface area (Å²) < 4.78 is 0. The van der Waals surface area contributed by atoms with E-state index in [0.717, 1.165) is 12.2 Å². The molecule has 1 aromatic carbocycles. The van der Waals surface area contributed by atoms with E-state index in [9.17, 15) is 4.79 Å². The summed E-state index contributed by atoms with van der Waals surface area (Å²) >= 11 is 0. The predicted octanol–water partition coefficient (Wildman–Crippen LogP) is 1.46. The molecule has 4 N–H and O–H groups in total. The lowest BCUT2D eigenvalue weighted by Crippen LogP contribution is -2.23. The lowest BCUT2D eigenvalue weighted by Gasteiger charge is -2.23. The van der Waals surface area contributed by atoms with Crippen molar-refractivity contribution in [2.75, 3.05) is 24.2 Å². The number of hydrogen-bond donors (Lipinski definition) is 2. The van der Waals surface area contributed by atoms with Crippen LogP contribution in [0, 0.1) is 5.92 Å². The van der Waals surface area contributed by atoms with E-state index in [2.05, 4.69) is 18.7 Å². The smallest absolute Gasteiger partial charge is 0.248 e. The van der Waals surface area contributed by atoms with Crippen molar-refractivity contribution in [1.29, 1.82) is 0 Å². The van der Waals surface area contributed by atoms with Gasteiger partial charge in [-0.15, -0.1) is 0 Å². The molecular weight excluding hydrogens is 202 g/mol. The molecule has 0 spiro atoms. The van der Waals surface area contributed by atoms with Gasteiger partial charge in [-0.1, -0.05) is 13.8 Å². The van der Waals surface area contributed by atoms with Gasteiger partial charge in [0.05, 0.1) is 11.4 Å². The number of hydrogen-bond acceptors (Lipinski definition) is 3. The van der Waals surface area contributed by atoms with Crippen LogP contribution in [0.5, 0.6) is 0 Å². The van der Waals surface area contributed by atoms with Crippen molar-refractivity contribution < 1.29 is 4.79 Å². The van der Waals surface area contributed by atoms with Gasteiger partial charge in [0.25, 0.3) is 0 Å². The van der Waals surface area contributed by atoms with Crippen LogP contribution in [0.3, 0.4) is 0 Å². The van der Waals surface area contributed by atoms with Gasteiger partial charge in [0.2, 0.25) is 5.91 Å². The van der Waals surface area contributed by atoms with Crippen LogP contribution < -0.4 is 16.4 Å². The number of rotatable bonds is 4. The Bertz CT molecular complexity index is 388. The van der Waals surface area contributed by atoms with E-state index in [4.69, 9.17) is 11.5 Å². The molecule has 0 heterocycles. The Balaban J connectivity index is 2.94. The SMILES string of the molecule is CC(C)CN(C)c1ccc(C(N)=O)cc1N. The number of amides is 1. The number of nitrogens with two attached hydrogens (primary N) is 2. The number of carbonyl (C=O) groups is 1. The summed E-state index contributed by atoms with van der Waals surface area (Å²) in [6, 6.07) is 5.15. The van der Waals surface area contributed by atoms with Crippen LogP contribution in [-0.2, 0) is 0 Å². The zero-order chi connectivity index (χ0) is 12.3. The minimum Gasteiger partial charge on any atom is -0.397 e. The molecule has 0 saturated heterocycles. The van der Waals surface area contributed by atoms with Gasteiger partial charge in [-0.05, 0) is 24.1 Å². The minimum atomic E-state index is -0.454. The first-order valence-electron chi connectivity index (χ1n) is 5.32. The van der Waals surface area contributed by atoms with Crippen LogP contribution in [0.1, 0.15) is 24.2 Å². The van der Waals surface area contributed by atoms with Crippen LogP contribution in [-0.4, -0.2) is 19.5 Å². The van der Waals surface area contributed by atoms with Gasteiger partial charge in [-0.25, -0.2) is 0 Å². The van der Waals surface area contributed by atoms with E-state index in [1.165, 1.54) is 0 Å². The van der Waals surface area contributed by atoms with Gasteiger partial charge in [0.1, 0.15) is 0 Å². The van der Waals surface area contributed by atoms with E-state index < -0.39 is 5.91 Å². The Morgan fingerprint density at radius 3 is 2.50 bits per heavy atom. The number of carbonyl (C=O) groups excluding carboxylic acids is 1. The molecule has 0 aromatic heterocycles. The summed E-state index contributed by atoms with van der Waals surface area (Å²) in [6.07, 6.45) is 0. The van der Waals surface area contributed by atoms with E-state index >= 15 is 0 Å². The number of nitrogens with zero attached hydrogens (tertiary/aromatic N) is 1. The second-order valence-electron chi connectivity index (χ2n) is 4.41. The summed E-state index contributed by atoms with van der Waals surface area (Å²) in [5.41, 5.74) is 13.0. The molecule has 0 fully saturated rings. The Morgan fingerprint density at radius 1 is 1.44 bits per heavy atom. The number of benzene rings is 1. The van der Waals surface area contributed by atoms with Crippen molar-refractivity contribution >= 4 is 17.3 Å². The highest BCUT2D eigenvalue weighted by molar-refractivity contribution is 5.94. The van der Waals surface area contributed by atoms with Crippen LogP contribution in [0.15, 0.2) is 18.2 Å². The second kappa shape index (κ2) is 4.88. The summed E-state index contributed by atoms with van der Waals surface area (Å²) in [5, 5.41) is 0. The monoisotopic (exact) mass is 221 g/mol. The molecule has 4 heteroatoms. The van der Waals surface area contributed by atoms with Crippen molar-refractivity contribution in [3.63, 3.8) is 0 Å². The third-order valence-corrected chi connectivity index (χ3v) is 2.36. The number of anilines is 2. The van der Waals surface area contributed by atoms with Gasteiger partial charge in [0.15, 0.2) is 0 Å². The Kier molecular flexibility index (Phi) is 3.77. The number of primary amides is 1. The number of nitrogen functional groups attached to an aromatic ring is 1. The second-order valence-corrected chi connectivity index (χ2v) is 4.41. The average Bonchev–Trinajstić information content (AvgIpc) is 2.15. The van der Waals surface area contributed by atoms with E-state index in [1.54, 1.807) is 12.1 Å². The first-order valence-corrected chi connectivity index (χ1v) is 5.32. The summed E-state index contributed by atoms with van der Waals surface area (Å²) in [6.45, 7) is 5.20. The lowest BCUT2D eigenvalue weighted by atomic mass is 10.1. The highest BCUT2D eigenvalue weighted by Crippen LogP contribution is 2.23. The maximum absolute atomic E-state index is 11.0. The summed E-state index contributed by atoms with van der Waals surface area (Å²) in [5.74, 6) is 0.102. The van der Waals surface area contributed by atoms with Crippen LogP contribution >= 0.6 is 0 Å². The van der Waals surface area contributed by atoms with Gasteiger partial charge in [-0.2, -0.15) is 0 Å². The minimum absolute atomic E-state index is 0.444. The van der Waals surface area contributed by atoms with Gasteiger partial charge < -0.3 is 16.4 Å². The van der Waals surface area contributed by atoms with E-state index in [-0.39, 0.29) is 0 Å². The molecule has 0 aliphatic heterocycles. The molecule has 4 nitrogen and oxygen atoms in total. The fourth-order valence-corrected chi connectivity index (χ4v) is 1.70. The van der Waals surface area contributed by atoms with E-state index in [0.29, 0.717) is 17.2 Å². The molecular formula is C12H19N3O. The Labute approximate surface area is 96.2 Å². The molecule has 0 aliphatic carbocycles. The first kappa shape index (κ1) is 12.4. The predicted molar refractivity (Wildman–Crippen MR) is 67.5 cm³/mol. The van der Waals surface area contributed by atoms with Gasteiger partial charge in [0, 0.05) is 19.2 Å². The zero-order valence-corrected chi connectivity index (χ0v) is 10.0. The maximum Gasteiger partial charge on any atom is 0.248 e. The maximum atomic E-state index is 11.0. The van der Waals surface area contributed by atoms with Crippen LogP contribution in [0.4, 0.5) is 11.4 Å². The molecule has 0 atom stereocenters. The topological polar surface area (TPSA) is 72.3 Å². The average molecular weight is 221 g/mol.